The summed E-state index contributed by atoms with van der Waals surface area (Å²) in [4.78, 5) is 16.4. The summed E-state index contributed by atoms with van der Waals surface area (Å²) in [6, 6.07) is 24.6. The van der Waals surface area contributed by atoms with Crippen LogP contribution in [-0.2, 0) is 13.1 Å². The van der Waals surface area contributed by atoms with E-state index in [1.165, 1.54) is 18.2 Å². The van der Waals surface area contributed by atoms with Crippen LogP contribution in [0.1, 0.15) is 21.5 Å². The molecule has 0 unspecified atom stereocenters. The van der Waals surface area contributed by atoms with Gasteiger partial charge in [-0.3, -0.25) is 4.79 Å². The van der Waals surface area contributed by atoms with Gasteiger partial charge in [0.1, 0.15) is 5.82 Å². The first kappa shape index (κ1) is 20.3. The van der Waals surface area contributed by atoms with Crippen molar-refractivity contribution in [1.29, 1.82) is 0 Å². The van der Waals surface area contributed by atoms with Crippen molar-refractivity contribution in [3.05, 3.63) is 114 Å². The van der Waals surface area contributed by atoms with Gasteiger partial charge in [-0.25, -0.2) is 4.39 Å². The number of ketones is 1. The fourth-order valence-electron chi connectivity index (χ4n) is 3.06. The molecule has 0 bridgehead atoms. The molecule has 0 heterocycles. The molecule has 0 aromatic heterocycles. The third-order valence-electron chi connectivity index (χ3n) is 4.49. The molecule has 148 valence electrons. The van der Waals surface area contributed by atoms with Gasteiger partial charge in [-0.2, -0.15) is 0 Å². The van der Waals surface area contributed by atoms with Crippen LogP contribution in [0.4, 0.5) is 10.1 Å². The van der Waals surface area contributed by atoms with Crippen molar-refractivity contribution in [1.82, 2.24) is 4.90 Å². The van der Waals surface area contributed by atoms with Gasteiger partial charge in [0, 0.05) is 50.7 Å². The van der Waals surface area contributed by atoms with Gasteiger partial charge in [0.2, 0.25) is 0 Å². The van der Waals surface area contributed by atoms with Crippen LogP contribution in [0.15, 0.2) is 91.1 Å². The zero-order valence-electron chi connectivity index (χ0n) is 16.8. The van der Waals surface area contributed by atoms with Gasteiger partial charge < -0.3 is 9.80 Å². The van der Waals surface area contributed by atoms with Crippen molar-refractivity contribution in [2.24, 2.45) is 0 Å². The lowest BCUT2D eigenvalue weighted by Crippen LogP contribution is -2.22. The van der Waals surface area contributed by atoms with Gasteiger partial charge in [0.05, 0.1) is 0 Å². The topological polar surface area (TPSA) is 23.6 Å². The lowest BCUT2D eigenvalue weighted by atomic mass is 10.1. The van der Waals surface area contributed by atoms with E-state index in [2.05, 4.69) is 4.90 Å². The van der Waals surface area contributed by atoms with E-state index in [0.29, 0.717) is 24.3 Å². The summed E-state index contributed by atoms with van der Waals surface area (Å²) in [5.41, 5.74) is 3.25. The van der Waals surface area contributed by atoms with E-state index in [1.54, 1.807) is 17.2 Å². The maximum absolute atomic E-state index is 14.4. The summed E-state index contributed by atoms with van der Waals surface area (Å²) in [5, 5.41) is 0. The molecule has 0 aliphatic rings. The SMILES string of the molecule is CN(C)C=CC(=O)c1cc(F)cc(N(Cc2ccccc2)Cc2ccccc2)c1. The first-order valence-electron chi connectivity index (χ1n) is 9.53. The number of halogens is 1. The van der Waals surface area contributed by atoms with Gasteiger partial charge in [-0.05, 0) is 29.3 Å². The molecule has 4 heteroatoms. The summed E-state index contributed by atoms with van der Waals surface area (Å²) in [6.45, 7) is 1.22. The standard InChI is InChI=1S/C25H25FN2O/c1-27(2)14-13-25(29)22-15-23(26)17-24(16-22)28(18-20-9-5-3-6-10-20)19-21-11-7-4-8-12-21/h3-17H,18-19H2,1-2H3. The summed E-state index contributed by atoms with van der Waals surface area (Å²) in [5.74, 6) is -0.644. The smallest absolute Gasteiger partial charge is 0.187 e. The highest BCUT2D eigenvalue weighted by molar-refractivity contribution is 6.05. The van der Waals surface area contributed by atoms with Crippen molar-refractivity contribution in [2.45, 2.75) is 13.1 Å². The maximum Gasteiger partial charge on any atom is 0.187 e. The second-order valence-electron chi connectivity index (χ2n) is 7.17. The predicted molar refractivity (Wildman–Crippen MR) is 116 cm³/mol. The zero-order chi connectivity index (χ0) is 20.6. The Bertz CT molecular complexity index is 927. The molecule has 3 rings (SSSR count). The number of rotatable bonds is 8. The minimum Gasteiger partial charge on any atom is -0.383 e. The van der Waals surface area contributed by atoms with Crippen LogP contribution in [0.25, 0.3) is 0 Å². The van der Waals surface area contributed by atoms with Crippen LogP contribution in [0.2, 0.25) is 0 Å². The summed E-state index contributed by atoms with van der Waals surface area (Å²) in [6.07, 6.45) is 3.12. The number of allylic oxidation sites excluding steroid dienone is 1. The van der Waals surface area contributed by atoms with Crippen LogP contribution in [0.3, 0.4) is 0 Å². The Kier molecular flexibility index (Phi) is 6.80. The Morgan fingerprint density at radius 3 is 1.93 bits per heavy atom. The summed E-state index contributed by atoms with van der Waals surface area (Å²) >= 11 is 0. The molecular formula is C25H25FN2O. The number of hydrogen-bond donors (Lipinski definition) is 0. The maximum atomic E-state index is 14.4. The Morgan fingerprint density at radius 2 is 1.41 bits per heavy atom. The van der Waals surface area contributed by atoms with E-state index in [4.69, 9.17) is 0 Å². The number of carbonyl (C=O) groups is 1. The number of benzene rings is 3. The van der Waals surface area contributed by atoms with Gasteiger partial charge in [0.15, 0.2) is 5.78 Å². The Hall–Kier alpha value is -3.40. The normalized spacial score (nSPS) is 10.9. The largest absolute Gasteiger partial charge is 0.383 e. The molecule has 0 N–H and O–H groups in total. The molecular weight excluding hydrogens is 363 g/mol. The molecule has 0 aliphatic heterocycles. The van der Waals surface area contributed by atoms with Crippen molar-refractivity contribution in [2.75, 3.05) is 19.0 Å². The van der Waals surface area contributed by atoms with E-state index in [0.717, 1.165) is 11.1 Å². The van der Waals surface area contributed by atoms with Crippen LogP contribution in [0, 0.1) is 5.82 Å². The van der Waals surface area contributed by atoms with Crippen molar-refractivity contribution in [3.8, 4) is 0 Å². The predicted octanol–water partition coefficient (Wildman–Crippen LogP) is 5.29. The molecule has 3 aromatic carbocycles. The molecule has 0 atom stereocenters. The Morgan fingerprint density at radius 1 is 0.862 bits per heavy atom. The van der Waals surface area contributed by atoms with E-state index in [9.17, 15) is 9.18 Å². The van der Waals surface area contributed by atoms with Gasteiger partial charge in [-0.1, -0.05) is 60.7 Å². The van der Waals surface area contributed by atoms with Crippen molar-refractivity contribution in [3.63, 3.8) is 0 Å². The quantitative estimate of drug-likeness (QED) is 0.387. The number of carbonyl (C=O) groups excluding carboxylic acids is 1. The van der Waals surface area contributed by atoms with Crippen LogP contribution >= 0.6 is 0 Å². The second-order valence-corrected chi connectivity index (χ2v) is 7.17. The zero-order valence-corrected chi connectivity index (χ0v) is 16.8. The van der Waals surface area contributed by atoms with E-state index in [-0.39, 0.29) is 5.78 Å². The van der Waals surface area contributed by atoms with Crippen LogP contribution in [-0.4, -0.2) is 24.8 Å². The summed E-state index contributed by atoms with van der Waals surface area (Å²) < 4.78 is 14.4. The van der Waals surface area contributed by atoms with Crippen LogP contribution < -0.4 is 4.90 Å². The van der Waals surface area contributed by atoms with Gasteiger partial charge in [0.25, 0.3) is 0 Å². The third kappa shape index (κ3) is 6.04. The third-order valence-corrected chi connectivity index (χ3v) is 4.49. The highest BCUT2D eigenvalue weighted by Crippen LogP contribution is 2.24. The number of nitrogens with zero attached hydrogens (tertiary/aromatic N) is 2. The molecule has 0 fully saturated rings. The molecule has 0 amide bonds. The molecule has 0 radical (unpaired) electrons. The minimum atomic E-state index is -0.421. The molecule has 0 aliphatic carbocycles. The van der Waals surface area contributed by atoms with E-state index < -0.39 is 5.82 Å². The van der Waals surface area contributed by atoms with E-state index in [1.807, 2.05) is 74.8 Å². The fraction of sp³-hybridized carbons (Fsp3) is 0.160. The highest BCUT2D eigenvalue weighted by atomic mass is 19.1. The fourth-order valence-corrected chi connectivity index (χ4v) is 3.06. The Labute approximate surface area is 171 Å². The molecule has 0 saturated heterocycles. The van der Waals surface area contributed by atoms with Crippen molar-refractivity contribution >= 4 is 11.5 Å². The average molecular weight is 388 g/mol. The lowest BCUT2D eigenvalue weighted by Gasteiger charge is -2.26. The van der Waals surface area contributed by atoms with Crippen LogP contribution in [0.5, 0.6) is 0 Å². The van der Waals surface area contributed by atoms with Gasteiger partial charge in [-0.15, -0.1) is 0 Å². The van der Waals surface area contributed by atoms with Gasteiger partial charge >= 0.3 is 0 Å². The average Bonchev–Trinajstić information content (AvgIpc) is 2.72. The first-order chi connectivity index (χ1) is 14.0. The first-order valence-corrected chi connectivity index (χ1v) is 9.53. The number of anilines is 1. The lowest BCUT2D eigenvalue weighted by molar-refractivity contribution is 0.104. The van der Waals surface area contributed by atoms with E-state index >= 15 is 0 Å². The summed E-state index contributed by atoms with van der Waals surface area (Å²) in [7, 11) is 3.67. The monoisotopic (exact) mass is 388 g/mol. The Balaban J connectivity index is 1.94. The van der Waals surface area contributed by atoms with Crippen molar-refractivity contribution < 1.29 is 9.18 Å². The molecule has 3 aromatic rings. The number of hydrogen-bond acceptors (Lipinski definition) is 3. The second kappa shape index (κ2) is 9.69. The highest BCUT2D eigenvalue weighted by Gasteiger charge is 2.13. The molecule has 0 spiro atoms. The molecule has 29 heavy (non-hydrogen) atoms. The molecule has 0 saturated carbocycles. The minimum absolute atomic E-state index is 0.223. The molecule has 3 nitrogen and oxygen atoms in total.